The number of amides is 2. The lowest BCUT2D eigenvalue weighted by Crippen LogP contribution is -2.33. The molecular formula is C14H20N2O3. The number of β-amino-alcohol motifs (C(OH)–C–C–N with tert-alkyl or cyclic N) is 1. The molecule has 1 aliphatic heterocycles. The van der Waals surface area contributed by atoms with E-state index in [1.54, 1.807) is 4.90 Å². The van der Waals surface area contributed by atoms with Crippen LogP contribution in [-0.4, -0.2) is 41.8 Å². The van der Waals surface area contributed by atoms with Gasteiger partial charge in [-0.05, 0) is 19.4 Å². The van der Waals surface area contributed by atoms with Crippen molar-refractivity contribution in [2.75, 3.05) is 25.0 Å². The Kier molecular flexibility index (Phi) is 4.76. The van der Waals surface area contributed by atoms with Gasteiger partial charge in [-0.15, -0.1) is 0 Å². The maximum Gasteiger partial charge on any atom is 0.321 e. The van der Waals surface area contributed by atoms with Gasteiger partial charge in [0.15, 0.2) is 0 Å². The topological polar surface area (TPSA) is 61.8 Å². The van der Waals surface area contributed by atoms with E-state index >= 15 is 0 Å². The summed E-state index contributed by atoms with van der Waals surface area (Å²) in [5.41, 5.74) is 1.72. The van der Waals surface area contributed by atoms with Crippen LogP contribution < -0.4 is 5.32 Å². The summed E-state index contributed by atoms with van der Waals surface area (Å²) in [6, 6.07) is 7.43. The molecule has 1 aromatic rings. The van der Waals surface area contributed by atoms with Gasteiger partial charge in [0.2, 0.25) is 0 Å². The normalized spacial score (nSPS) is 18.6. The monoisotopic (exact) mass is 264 g/mol. The van der Waals surface area contributed by atoms with Crippen LogP contribution in [0.4, 0.5) is 10.5 Å². The maximum atomic E-state index is 12.0. The second-order valence-electron chi connectivity index (χ2n) is 4.61. The Balaban J connectivity index is 2.00. The van der Waals surface area contributed by atoms with E-state index < -0.39 is 6.10 Å². The standard InChI is InChI=1S/C14H20N2O3/c1-2-19-10-11-5-3-4-6-13(11)15-14(18)16-8-7-12(17)9-16/h3-6,12,17H,2,7-10H2,1H3,(H,15,18). The molecular weight excluding hydrogens is 244 g/mol. The average molecular weight is 264 g/mol. The van der Waals surface area contributed by atoms with Gasteiger partial charge in [-0.3, -0.25) is 0 Å². The third kappa shape index (κ3) is 3.68. The number of nitrogens with zero attached hydrogens (tertiary/aromatic N) is 1. The third-order valence-electron chi connectivity index (χ3n) is 3.17. The molecule has 2 amide bonds. The highest BCUT2D eigenvalue weighted by molar-refractivity contribution is 5.90. The zero-order valence-electron chi connectivity index (χ0n) is 11.1. The van der Waals surface area contributed by atoms with Crippen LogP contribution in [0.25, 0.3) is 0 Å². The quantitative estimate of drug-likeness (QED) is 0.872. The molecule has 1 aliphatic rings. The Hall–Kier alpha value is -1.59. The number of hydrogen-bond acceptors (Lipinski definition) is 3. The summed E-state index contributed by atoms with van der Waals surface area (Å²) in [4.78, 5) is 13.7. The van der Waals surface area contributed by atoms with E-state index in [0.717, 1.165) is 11.3 Å². The number of urea groups is 1. The van der Waals surface area contributed by atoms with Crippen molar-refractivity contribution in [2.45, 2.75) is 26.1 Å². The first-order chi connectivity index (χ1) is 9.20. The number of benzene rings is 1. The fraction of sp³-hybridized carbons (Fsp3) is 0.500. The van der Waals surface area contributed by atoms with Gasteiger partial charge in [-0.25, -0.2) is 4.79 Å². The number of aliphatic hydroxyl groups excluding tert-OH is 1. The SMILES string of the molecule is CCOCc1ccccc1NC(=O)N1CCC(O)C1. The van der Waals surface area contributed by atoms with E-state index in [0.29, 0.717) is 32.7 Å². The van der Waals surface area contributed by atoms with Gasteiger partial charge in [0, 0.05) is 30.9 Å². The van der Waals surface area contributed by atoms with Crippen molar-refractivity contribution in [3.05, 3.63) is 29.8 Å². The first-order valence-electron chi connectivity index (χ1n) is 6.60. The molecule has 1 heterocycles. The summed E-state index contributed by atoms with van der Waals surface area (Å²) in [6.07, 6.45) is 0.248. The molecule has 0 saturated carbocycles. The van der Waals surface area contributed by atoms with Crippen molar-refractivity contribution < 1.29 is 14.6 Å². The Morgan fingerprint density at radius 1 is 1.53 bits per heavy atom. The molecule has 1 unspecified atom stereocenters. The Labute approximate surface area is 113 Å². The van der Waals surface area contributed by atoms with Crippen LogP contribution in [0.15, 0.2) is 24.3 Å². The summed E-state index contributed by atoms with van der Waals surface area (Å²) in [5, 5.41) is 12.3. The largest absolute Gasteiger partial charge is 0.391 e. The number of nitrogens with one attached hydrogen (secondary N) is 1. The zero-order chi connectivity index (χ0) is 13.7. The minimum atomic E-state index is -0.399. The average Bonchev–Trinajstić information content (AvgIpc) is 2.84. The van der Waals surface area contributed by atoms with E-state index in [1.807, 2.05) is 31.2 Å². The predicted octanol–water partition coefficient (Wildman–Crippen LogP) is 1.82. The van der Waals surface area contributed by atoms with Crippen LogP contribution in [0.2, 0.25) is 0 Å². The molecule has 0 aromatic heterocycles. The van der Waals surface area contributed by atoms with E-state index in [9.17, 15) is 9.90 Å². The molecule has 2 N–H and O–H groups in total. The molecule has 0 aliphatic carbocycles. The fourth-order valence-electron chi connectivity index (χ4n) is 2.10. The summed E-state index contributed by atoms with van der Waals surface area (Å²) < 4.78 is 5.38. The van der Waals surface area contributed by atoms with Gasteiger partial charge in [-0.1, -0.05) is 18.2 Å². The molecule has 1 saturated heterocycles. The van der Waals surface area contributed by atoms with Gasteiger partial charge < -0.3 is 20.1 Å². The number of aliphatic hydroxyl groups is 1. The smallest absolute Gasteiger partial charge is 0.321 e. The highest BCUT2D eigenvalue weighted by Gasteiger charge is 2.24. The molecule has 5 nitrogen and oxygen atoms in total. The summed E-state index contributed by atoms with van der Waals surface area (Å²) in [6.45, 7) is 4.06. The third-order valence-corrected chi connectivity index (χ3v) is 3.17. The maximum absolute atomic E-state index is 12.0. The van der Waals surface area contributed by atoms with Crippen LogP contribution >= 0.6 is 0 Å². The van der Waals surface area contributed by atoms with Crippen LogP contribution in [0, 0.1) is 0 Å². The number of carbonyl (C=O) groups is 1. The molecule has 0 spiro atoms. The van der Waals surface area contributed by atoms with Crippen LogP contribution in [-0.2, 0) is 11.3 Å². The number of rotatable bonds is 4. The second-order valence-corrected chi connectivity index (χ2v) is 4.61. The molecule has 0 bridgehead atoms. The van der Waals surface area contributed by atoms with E-state index in [1.165, 1.54) is 0 Å². The molecule has 2 rings (SSSR count). The summed E-state index contributed by atoms with van der Waals surface area (Å²) >= 11 is 0. The number of carbonyl (C=O) groups excluding carboxylic acids is 1. The highest BCUT2D eigenvalue weighted by Crippen LogP contribution is 2.18. The number of anilines is 1. The first-order valence-corrected chi connectivity index (χ1v) is 6.60. The molecule has 1 aromatic carbocycles. The van der Waals surface area contributed by atoms with E-state index in [-0.39, 0.29) is 6.03 Å². The van der Waals surface area contributed by atoms with Gasteiger partial charge in [0.05, 0.1) is 12.7 Å². The highest BCUT2D eigenvalue weighted by atomic mass is 16.5. The number of likely N-dealkylation sites (tertiary alicyclic amines) is 1. The van der Waals surface area contributed by atoms with Crippen molar-refractivity contribution in [1.82, 2.24) is 4.90 Å². The lowest BCUT2D eigenvalue weighted by molar-refractivity contribution is 0.134. The lowest BCUT2D eigenvalue weighted by Gasteiger charge is -2.18. The van der Waals surface area contributed by atoms with E-state index in [2.05, 4.69) is 5.32 Å². The van der Waals surface area contributed by atoms with Crippen LogP contribution in [0.3, 0.4) is 0 Å². The molecule has 0 radical (unpaired) electrons. The van der Waals surface area contributed by atoms with Gasteiger partial charge in [0.1, 0.15) is 0 Å². The molecule has 1 atom stereocenters. The van der Waals surface area contributed by atoms with Crippen molar-refractivity contribution in [2.24, 2.45) is 0 Å². The van der Waals surface area contributed by atoms with Crippen molar-refractivity contribution in [3.8, 4) is 0 Å². The Morgan fingerprint density at radius 2 is 2.32 bits per heavy atom. The minimum Gasteiger partial charge on any atom is -0.391 e. The first kappa shape index (κ1) is 13.8. The molecule has 104 valence electrons. The van der Waals surface area contributed by atoms with Crippen molar-refractivity contribution in [1.29, 1.82) is 0 Å². The van der Waals surface area contributed by atoms with Crippen molar-refractivity contribution >= 4 is 11.7 Å². The second kappa shape index (κ2) is 6.54. The molecule has 19 heavy (non-hydrogen) atoms. The summed E-state index contributed by atoms with van der Waals surface area (Å²) in [7, 11) is 0. The van der Waals surface area contributed by atoms with Crippen molar-refractivity contribution in [3.63, 3.8) is 0 Å². The van der Waals surface area contributed by atoms with Gasteiger partial charge >= 0.3 is 6.03 Å². The Bertz CT molecular complexity index is 436. The zero-order valence-corrected chi connectivity index (χ0v) is 11.1. The minimum absolute atomic E-state index is 0.166. The number of ether oxygens (including phenoxy) is 1. The Morgan fingerprint density at radius 3 is 3.00 bits per heavy atom. The van der Waals surface area contributed by atoms with Gasteiger partial charge in [-0.2, -0.15) is 0 Å². The molecule has 5 heteroatoms. The fourth-order valence-corrected chi connectivity index (χ4v) is 2.10. The van der Waals surface area contributed by atoms with E-state index in [4.69, 9.17) is 4.74 Å². The summed E-state index contributed by atoms with van der Waals surface area (Å²) in [5.74, 6) is 0. The lowest BCUT2D eigenvalue weighted by atomic mass is 10.2. The van der Waals surface area contributed by atoms with Crippen LogP contribution in [0.1, 0.15) is 18.9 Å². The van der Waals surface area contributed by atoms with Gasteiger partial charge in [0.25, 0.3) is 0 Å². The number of hydrogen-bond donors (Lipinski definition) is 2. The van der Waals surface area contributed by atoms with Crippen LogP contribution in [0.5, 0.6) is 0 Å². The molecule has 1 fully saturated rings. The number of para-hydroxylation sites is 1. The predicted molar refractivity (Wildman–Crippen MR) is 73.0 cm³/mol.